The molecule has 1 amide bonds. The van der Waals surface area contributed by atoms with E-state index in [4.69, 9.17) is 4.52 Å². The minimum atomic E-state index is -3.94. The molecular formula is C20H20N4O6S2. The number of carbonyl (C=O) groups excluding carboxylic acids is 1. The van der Waals surface area contributed by atoms with Crippen LogP contribution in [0, 0.1) is 6.92 Å². The number of carbonyl (C=O) groups is 1. The standard InChI is InChI=1S/C20H20N4O6S2/c1-13-19(12-21-30-13)20(25)22-14-2-4-15(5-3-14)23-31(26,27)17-8-10-18(11-9-17)32(28,29)24-16-6-7-16/h2-5,8-12,16,23-24H,6-7H2,1H3,(H,22,25). The average molecular weight is 477 g/mol. The van der Waals surface area contributed by atoms with Crippen LogP contribution in [0.15, 0.2) is 69.0 Å². The molecule has 1 aromatic heterocycles. The maximum Gasteiger partial charge on any atom is 0.261 e. The Morgan fingerprint density at radius 3 is 2.00 bits per heavy atom. The third-order valence-corrected chi connectivity index (χ3v) is 7.67. The lowest BCUT2D eigenvalue weighted by Gasteiger charge is -2.10. The highest BCUT2D eigenvalue weighted by Gasteiger charge is 2.28. The first-order valence-electron chi connectivity index (χ1n) is 9.62. The summed E-state index contributed by atoms with van der Waals surface area (Å²) in [6, 6.07) is 11.0. The van der Waals surface area contributed by atoms with Gasteiger partial charge in [0.1, 0.15) is 11.3 Å². The molecule has 12 heteroatoms. The van der Waals surface area contributed by atoms with Gasteiger partial charge >= 0.3 is 0 Å². The Balaban J connectivity index is 1.42. The van der Waals surface area contributed by atoms with Gasteiger partial charge in [0.2, 0.25) is 10.0 Å². The van der Waals surface area contributed by atoms with Gasteiger partial charge in [-0.3, -0.25) is 9.52 Å². The monoisotopic (exact) mass is 476 g/mol. The number of hydrogen-bond acceptors (Lipinski definition) is 7. The highest BCUT2D eigenvalue weighted by molar-refractivity contribution is 7.92. The van der Waals surface area contributed by atoms with Crippen molar-refractivity contribution in [2.75, 3.05) is 10.0 Å². The molecule has 1 saturated carbocycles. The number of nitrogens with zero attached hydrogens (tertiary/aromatic N) is 1. The summed E-state index contributed by atoms with van der Waals surface area (Å²) in [5.74, 6) is -0.0164. The smallest absolute Gasteiger partial charge is 0.261 e. The van der Waals surface area contributed by atoms with E-state index in [1.54, 1.807) is 6.92 Å². The van der Waals surface area contributed by atoms with Crippen LogP contribution < -0.4 is 14.8 Å². The van der Waals surface area contributed by atoms with Gasteiger partial charge < -0.3 is 9.84 Å². The molecule has 1 aliphatic rings. The van der Waals surface area contributed by atoms with Crippen molar-refractivity contribution in [3.63, 3.8) is 0 Å². The summed E-state index contributed by atoms with van der Waals surface area (Å²) < 4.78 is 59.6. The third kappa shape index (κ3) is 4.98. The topological polar surface area (TPSA) is 147 Å². The first-order valence-corrected chi connectivity index (χ1v) is 12.6. The quantitative estimate of drug-likeness (QED) is 0.452. The van der Waals surface area contributed by atoms with Crippen molar-refractivity contribution in [1.82, 2.24) is 9.88 Å². The molecule has 0 bridgehead atoms. The third-order valence-electron chi connectivity index (χ3n) is 4.73. The van der Waals surface area contributed by atoms with Gasteiger partial charge in [0.05, 0.1) is 16.0 Å². The van der Waals surface area contributed by atoms with E-state index >= 15 is 0 Å². The Kier molecular flexibility index (Phi) is 5.75. The summed E-state index contributed by atoms with van der Waals surface area (Å²) in [4.78, 5) is 12.1. The van der Waals surface area contributed by atoms with Crippen molar-refractivity contribution >= 4 is 37.3 Å². The zero-order valence-electron chi connectivity index (χ0n) is 16.9. The lowest BCUT2D eigenvalue weighted by Crippen LogP contribution is -2.25. The molecule has 0 saturated heterocycles. The Morgan fingerprint density at radius 1 is 0.906 bits per heavy atom. The highest BCUT2D eigenvalue weighted by atomic mass is 32.2. The molecule has 32 heavy (non-hydrogen) atoms. The Morgan fingerprint density at radius 2 is 1.47 bits per heavy atom. The summed E-state index contributed by atoms with van der Waals surface area (Å²) >= 11 is 0. The highest BCUT2D eigenvalue weighted by Crippen LogP contribution is 2.24. The van der Waals surface area contributed by atoms with Gasteiger partial charge in [-0.1, -0.05) is 5.16 Å². The summed E-state index contributed by atoms with van der Waals surface area (Å²) in [7, 11) is -7.60. The van der Waals surface area contributed by atoms with Gasteiger partial charge in [-0.2, -0.15) is 0 Å². The van der Waals surface area contributed by atoms with Gasteiger partial charge in [-0.05, 0) is 68.3 Å². The van der Waals surface area contributed by atoms with E-state index in [1.807, 2.05) is 0 Å². The predicted octanol–water partition coefficient (Wildman–Crippen LogP) is 2.48. The van der Waals surface area contributed by atoms with Gasteiger partial charge in [-0.15, -0.1) is 0 Å². The number of amides is 1. The van der Waals surface area contributed by atoms with Gasteiger partial charge in [-0.25, -0.2) is 21.6 Å². The molecule has 0 spiro atoms. The van der Waals surface area contributed by atoms with Gasteiger partial charge in [0, 0.05) is 17.4 Å². The van der Waals surface area contributed by atoms with Crippen molar-refractivity contribution in [3.8, 4) is 0 Å². The zero-order chi connectivity index (χ0) is 22.9. The van der Waals surface area contributed by atoms with E-state index in [0.717, 1.165) is 12.8 Å². The average Bonchev–Trinajstić information content (AvgIpc) is 3.44. The van der Waals surface area contributed by atoms with E-state index in [0.29, 0.717) is 17.0 Å². The SMILES string of the molecule is Cc1oncc1C(=O)Nc1ccc(NS(=O)(=O)c2ccc(S(=O)(=O)NC3CC3)cc2)cc1. The lowest BCUT2D eigenvalue weighted by atomic mass is 10.2. The second-order valence-corrected chi connectivity index (χ2v) is 10.7. The fourth-order valence-electron chi connectivity index (χ4n) is 2.84. The Hall–Kier alpha value is -3.22. The van der Waals surface area contributed by atoms with Gasteiger partial charge in [0.25, 0.3) is 15.9 Å². The molecule has 3 aromatic rings. The number of aryl methyl sites for hydroxylation is 1. The summed E-state index contributed by atoms with van der Waals surface area (Å²) in [6.07, 6.45) is 2.92. The molecule has 0 radical (unpaired) electrons. The molecule has 1 heterocycles. The van der Waals surface area contributed by atoms with Crippen LogP contribution in [-0.2, 0) is 20.0 Å². The molecule has 0 aliphatic heterocycles. The molecule has 2 aromatic carbocycles. The molecule has 0 unspecified atom stereocenters. The van der Waals surface area contributed by atoms with Gasteiger partial charge in [0.15, 0.2) is 0 Å². The molecular weight excluding hydrogens is 456 g/mol. The fraction of sp³-hybridized carbons (Fsp3) is 0.200. The first kappa shape index (κ1) is 22.0. The molecule has 4 rings (SSSR count). The lowest BCUT2D eigenvalue weighted by molar-refractivity contribution is 0.102. The zero-order valence-corrected chi connectivity index (χ0v) is 18.5. The molecule has 10 nitrogen and oxygen atoms in total. The molecule has 3 N–H and O–H groups in total. The van der Waals surface area contributed by atoms with Crippen molar-refractivity contribution in [1.29, 1.82) is 0 Å². The van der Waals surface area contributed by atoms with Crippen LogP contribution in [0.3, 0.4) is 0 Å². The second-order valence-electron chi connectivity index (χ2n) is 7.30. The van der Waals surface area contributed by atoms with E-state index in [1.165, 1.54) is 54.7 Å². The van der Waals surface area contributed by atoms with Crippen molar-refractivity contribution in [3.05, 3.63) is 66.1 Å². The summed E-state index contributed by atoms with van der Waals surface area (Å²) in [5.41, 5.74) is 1.03. The predicted molar refractivity (Wildman–Crippen MR) is 116 cm³/mol. The summed E-state index contributed by atoms with van der Waals surface area (Å²) in [5, 5.41) is 6.22. The maximum atomic E-state index is 12.6. The van der Waals surface area contributed by atoms with Crippen LogP contribution in [0.5, 0.6) is 0 Å². The largest absolute Gasteiger partial charge is 0.361 e. The van der Waals surface area contributed by atoms with Crippen LogP contribution in [0.25, 0.3) is 0 Å². The molecule has 0 atom stereocenters. The van der Waals surface area contributed by atoms with Crippen LogP contribution in [0.2, 0.25) is 0 Å². The Labute approximate surface area is 185 Å². The Bertz CT molecular complexity index is 1340. The van der Waals surface area contributed by atoms with E-state index < -0.39 is 26.0 Å². The van der Waals surface area contributed by atoms with Crippen molar-refractivity contribution in [2.24, 2.45) is 0 Å². The number of rotatable bonds is 8. The second kappa shape index (κ2) is 8.37. The van der Waals surface area contributed by atoms with Crippen LogP contribution >= 0.6 is 0 Å². The number of sulfonamides is 2. The minimum Gasteiger partial charge on any atom is -0.361 e. The van der Waals surface area contributed by atoms with E-state index in [9.17, 15) is 21.6 Å². The maximum absolute atomic E-state index is 12.6. The normalized spacial score (nSPS) is 14.2. The van der Waals surface area contributed by atoms with E-state index in [2.05, 4.69) is 19.9 Å². The van der Waals surface area contributed by atoms with Crippen molar-refractivity contribution < 1.29 is 26.2 Å². The van der Waals surface area contributed by atoms with E-state index in [-0.39, 0.29) is 21.5 Å². The van der Waals surface area contributed by atoms with Crippen LogP contribution in [-0.4, -0.2) is 33.9 Å². The number of nitrogens with one attached hydrogen (secondary N) is 3. The molecule has 1 fully saturated rings. The number of aromatic nitrogens is 1. The number of hydrogen-bond donors (Lipinski definition) is 3. The van der Waals surface area contributed by atoms with Crippen molar-refractivity contribution in [2.45, 2.75) is 35.6 Å². The number of anilines is 2. The molecule has 1 aliphatic carbocycles. The minimum absolute atomic E-state index is 0.00602. The number of benzene rings is 2. The first-order chi connectivity index (χ1) is 15.1. The van der Waals surface area contributed by atoms with Crippen LogP contribution in [0.1, 0.15) is 29.0 Å². The fourth-order valence-corrected chi connectivity index (χ4v) is 5.20. The molecule has 168 valence electrons. The summed E-state index contributed by atoms with van der Waals surface area (Å²) in [6.45, 7) is 1.62. The van der Waals surface area contributed by atoms with Crippen LogP contribution in [0.4, 0.5) is 11.4 Å².